The summed E-state index contributed by atoms with van der Waals surface area (Å²) < 4.78 is 16.8. The quantitative estimate of drug-likeness (QED) is 0.588. The number of benzene rings is 1. The smallest absolute Gasteiger partial charge is 0.121 e. The molecule has 1 atom stereocenters. The second kappa shape index (κ2) is 7.28. The maximum Gasteiger partial charge on any atom is 0.121 e. The first kappa shape index (κ1) is 13.0. The molecule has 0 saturated carbocycles. The average molecular weight is 241 g/mol. The zero-order valence-corrected chi connectivity index (χ0v) is 10.5. The van der Waals surface area contributed by atoms with Gasteiger partial charge in [0.05, 0.1) is 6.61 Å². The summed E-state index contributed by atoms with van der Waals surface area (Å²) in [7, 11) is -0.687. The van der Waals surface area contributed by atoms with Crippen molar-refractivity contribution in [2.24, 2.45) is 0 Å². The molecule has 0 bridgehead atoms. The molecule has 0 heterocycles. The van der Waals surface area contributed by atoms with Crippen molar-refractivity contribution in [3.8, 4) is 5.75 Å². The van der Waals surface area contributed by atoms with Crippen molar-refractivity contribution in [3.63, 3.8) is 0 Å². The number of hydrogen-bond acceptors (Lipinski definition) is 3. The monoisotopic (exact) mass is 241 g/mol. The molecule has 0 aromatic heterocycles. The fourth-order valence-corrected chi connectivity index (χ4v) is 2.44. The molecule has 1 aromatic rings. The highest BCUT2D eigenvalue weighted by Crippen LogP contribution is 2.14. The van der Waals surface area contributed by atoms with Crippen LogP contribution in [0.25, 0.3) is 0 Å². The normalized spacial score (nSPS) is 12.3. The minimum atomic E-state index is -0.687. The number of hydrogen-bond donors (Lipinski definition) is 1. The molecule has 2 N–H and O–H groups in total. The van der Waals surface area contributed by atoms with Crippen LogP contribution < -0.4 is 10.5 Å². The molecule has 0 spiro atoms. The lowest BCUT2D eigenvalue weighted by Crippen LogP contribution is -2.06. The summed E-state index contributed by atoms with van der Waals surface area (Å²) in [5.74, 6) is 2.29. The SMILES string of the molecule is CCCS(=O)CCCOc1cccc(N)c1. The minimum Gasteiger partial charge on any atom is -0.493 e. The van der Waals surface area contributed by atoms with Gasteiger partial charge < -0.3 is 10.5 Å². The molecule has 0 aliphatic rings. The van der Waals surface area contributed by atoms with Gasteiger partial charge in [-0.2, -0.15) is 0 Å². The summed E-state index contributed by atoms with van der Waals surface area (Å²) in [6.45, 7) is 2.64. The zero-order valence-electron chi connectivity index (χ0n) is 9.65. The van der Waals surface area contributed by atoms with Gasteiger partial charge in [-0.3, -0.25) is 4.21 Å². The Labute approximate surface area is 99.4 Å². The first-order valence-corrected chi connectivity index (χ1v) is 7.04. The second-order valence-corrected chi connectivity index (χ2v) is 5.32. The van der Waals surface area contributed by atoms with Gasteiger partial charge >= 0.3 is 0 Å². The Morgan fingerprint density at radius 2 is 2.19 bits per heavy atom. The third-order valence-corrected chi connectivity index (χ3v) is 3.68. The fraction of sp³-hybridized carbons (Fsp3) is 0.500. The lowest BCUT2D eigenvalue weighted by atomic mass is 10.3. The van der Waals surface area contributed by atoms with Crippen LogP contribution in [0.1, 0.15) is 19.8 Å². The van der Waals surface area contributed by atoms with Crippen LogP contribution in [0.5, 0.6) is 5.75 Å². The van der Waals surface area contributed by atoms with Gasteiger partial charge in [-0.05, 0) is 25.0 Å². The Morgan fingerprint density at radius 3 is 2.88 bits per heavy atom. The Bertz CT molecular complexity index is 342. The molecule has 1 rings (SSSR count). The molecule has 4 heteroatoms. The Kier molecular flexibility index (Phi) is 5.93. The number of anilines is 1. The van der Waals surface area contributed by atoms with Crippen molar-refractivity contribution in [2.45, 2.75) is 19.8 Å². The molecule has 3 nitrogen and oxygen atoms in total. The number of nitrogens with two attached hydrogens (primary N) is 1. The van der Waals surface area contributed by atoms with Crippen LogP contribution in [-0.2, 0) is 10.8 Å². The van der Waals surface area contributed by atoms with Gasteiger partial charge in [0.1, 0.15) is 5.75 Å². The van der Waals surface area contributed by atoms with E-state index in [1.807, 2.05) is 25.1 Å². The van der Waals surface area contributed by atoms with Gasteiger partial charge in [-0.15, -0.1) is 0 Å². The third-order valence-electron chi connectivity index (χ3n) is 2.07. The lowest BCUT2D eigenvalue weighted by Gasteiger charge is -2.06. The van der Waals surface area contributed by atoms with Gasteiger partial charge in [0, 0.05) is 34.1 Å². The van der Waals surface area contributed by atoms with E-state index >= 15 is 0 Å². The maximum absolute atomic E-state index is 11.3. The summed E-state index contributed by atoms with van der Waals surface area (Å²) in [5, 5.41) is 0. The van der Waals surface area contributed by atoms with E-state index in [1.165, 1.54) is 0 Å². The van der Waals surface area contributed by atoms with Crippen molar-refractivity contribution >= 4 is 16.5 Å². The molecule has 0 saturated heterocycles. The standard InChI is InChI=1S/C12H19NO2S/c1-2-8-16(14)9-4-7-15-12-6-3-5-11(13)10-12/h3,5-6,10H,2,4,7-9,13H2,1H3. The molecule has 1 aromatic carbocycles. The molecule has 0 amide bonds. The predicted octanol–water partition coefficient (Wildman–Crippen LogP) is 2.20. The van der Waals surface area contributed by atoms with Crippen molar-refractivity contribution in [1.29, 1.82) is 0 Å². The maximum atomic E-state index is 11.3. The molecular weight excluding hydrogens is 222 g/mol. The van der Waals surface area contributed by atoms with E-state index in [0.717, 1.165) is 30.1 Å². The van der Waals surface area contributed by atoms with E-state index in [1.54, 1.807) is 6.07 Å². The molecule has 0 radical (unpaired) electrons. The average Bonchev–Trinajstić information content (AvgIpc) is 2.25. The van der Waals surface area contributed by atoms with Crippen LogP contribution >= 0.6 is 0 Å². The van der Waals surface area contributed by atoms with E-state index < -0.39 is 10.8 Å². The van der Waals surface area contributed by atoms with E-state index in [2.05, 4.69) is 0 Å². The largest absolute Gasteiger partial charge is 0.493 e. The molecule has 0 fully saturated rings. The highest BCUT2D eigenvalue weighted by molar-refractivity contribution is 7.84. The van der Waals surface area contributed by atoms with Crippen LogP contribution in [0.2, 0.25) is 0 Å². The molecule has 90 valence electrons. The van der Waals surface area contributed by atoms with Crippen LogP contribution in [0.4, 0.5) is 5.69 Å². The van der Waals surface area contributed by atoms with E-state index in [4.69, 9.17) is 10.5 Å². The van der Waals surface area contributed by atoms with Crippen molar-refractivity contribution < 1.29 is 8.95 Å². The Morgan fingerprint density at radius 1 is 1.38 bits per heavy atom. The summed E-state index contributed by atoms with van der Waals surface area (Å²) in [4.78, 5) is 0. The highest BCUT2D eigenvalue weighted by atomic mass is 32.2. The number of rotatable bonds is 7. The van der Waals surface area contributed by atoms with E-state index in [-0.39, 0.29) is 0 Å². The third kappa shape index (κ3) is 5.16. The van der Waals surface area contributed by atoms with E-state index in [9.17, 15) is 4.21 Å². The van der Waals surface area contributed by atoms with Crippen molar-refractivity contribution in [3.05, 3.63) is 24.3 Å². The summed E-state index contributed by atoms with van der Waals surface area (Å²) >= 11 is 0. The van der Waals surface area contributed by atoms with Gasteiger partial charge in [0.15, 0.2) is 0 Å². The Balaban J connectivity index is 2.18. The Hall–Kier alpha value is -1.03. The number of nitrogen functional groups attached to an aromatic ring is 1. The summed E-state index contributed by atoms with van der Waals surface area (Å²) in [6, 6.07) is 7.35. The molecule has 0 aliphatic carbocycles. The van der Waals surface area contributed by atoms with Gasteiger partial charge in [0.2, 0.25) is 0 Å². The predicted molar refractivity (Wildman–Crippen MR) is 69.1 cm³/mol. The van der Waals surface area contributed by atoms with Crippen LogP contribution in [0, 0.1) is 0 Å². The summed E-state index contributed by atoms with van der Waals surface area (Å²) in [6.07, 6.45) is 1.80. The van der Waals surface area contributed by atoms with Crippen LogP contribution in [0.3, 0.4) is 0 Å². The molecule has 16 heavy (non-hydrogen) atoms. The molecular formula is C12H19NO2S. The van der Waals surface area contributed by atoms with Gasteiger partial charge in [-0.25, -0.2) is 0 Å². The lowest BCUT2D eigenvalue weighted by molar-refractivity contribution is 0.318. The first-order chi connectivity index (χ1) is 7.72. The first-order valence-electron chi connectivity index (χ1n) is 5.55. The van der Waals surface area contributed by atoms with Crippen molar-refractivity contribution in [1.82, 2.24) is 0 Å². The van der Waals surface area contributed by atoms with Crippen molar-refractivity contribution in [2.75, 3.05) is 23.8 Å². The molecule has 0 aliphatic heterocycles. The molecule has 1 unspecified atom stereocenters. The fourth-order valence-electron chi connectivity index (χ4n) is 1.34. The van der Waals surface area contributed by atoms with Crippen LogP contribution in [0.15, 0.2) is 24.3 Å². The van der Waals surface area contributed by atoms with Gasteiger partial charge in [-0.1, -0.05) is 13.0 Å². The number of ether oxygens (including phenoxy) is 1. The van der Waals surface area contributed by atoms with Gasteiger partial charge in [0.25, 0.3) is 0 Å². The van der Waals surface area contributed by atoms with E-state index in [0.29, 0.717) is 12.3 Å². The zero-order chi connectivity index (χ0) is 11.8. The minimum absolute atomic E-state index is 0.596. The van der Waals surface area contributed by atoms with Crippen LogP contribution in [-0.4, -0.2) is 22.3 Å². The highest BCUT2D eigenvalue weighted by Gasteiger charge is 1.99. The second-order valence-electron chi connectivity index (χ2n) is 3.62. The topological polar surface area (TPSA) is 52.3 Å². The summed E-state index contributed by atoms with van der Waals surface area (Å²) in [5.41, 5.74) is 6.32.